The van der Waals surface area contributed by atoms with Crippen molar-refractivity contribution in [3.63, 3.8) is 0 Å². The molecule has 0 aliphatic heterocycles. The van der Waals surface area contributed by atoms with Crippen LogP contribution < -0.4 is 11.0 Å². The molecule has 0 aliphatic carbocycles. The number of carbonyl (C=O) groups excluding carboxylic acids is 1. The monoisotopic (exact) mass is 421 g/mol. The second kappa shape index (κ2) is 7.84. The Kier molecular flexibility index (Phi) is 5.62. The molecule has 1 amide bonds. The van der Waals surface area contributed by atoms with E-state index in [0.717, 1.165) is 4.31 Å². The predicted octanol–water partition coefficient (Wildman–Crippen LogP) is 1.40. The van der Waals surface area contributed by atoms with Crippen molar-refractivity contribution in [3.05, 3.63) is 40.5 Å². The first-order valence-electron chi connectivity index (χ1n) is 9.04. The highest BCUT2D eigenvalue weighted by Gasteiger charge is 2.21. The van der Waals surface area contributed by atoms with Crippen LogP contribution in [0, 0.1) is 6.92 Å². The number of anilines is 1. The van der Waals surface area contributed by atoms with Crippen molar-refractivity contribution in [1.29, 1.82) is 0 Å². The molecule has 156 valence electrons. The third-order valence-electron chi connectivity index (χ3n) is 4.54. The third kappa shape index (κ3) is 3.96. The fraction of sp³-hybridized carbons (Fsp3) is 0.389. The summed E-state index contributed by atoms with van der Waals surface area (Å²) in [6.07, 6.45) is 0.0132. The van der Waals surface area contributed by atoms with Crippen LogP contribution in [0.2, 0.25) is 0 Å². The highest BCUT2D eigenvalue weighted by atomic mass is 32.2. The molecule has 0 bridgehead atoms. The van der Waals surface area contributed by atoms with Crippen molar-refractivity contribution in [3.8, 4) is 0 Å². The number of amides is 1. The van der Waals surface area contributed by atoms with Crippen LogP contribution in [0.15, 0.2) is 38.5 Å². The van der Waals surface area contributed by atoms with Gasteiger partial charge in [-0.1, -0.05) is 5.16 Å². The zero-order chi connectivity index (χ0) is 21.3. The Balaban J connectivity index is 1.94. The summed E-state index contributed by atoms with van der Waals surface area (Å²) in [5.41, 5.74) is 0.777. The van der Waals surface area contributed by atoms with Crippen LogP contribution in [0.3, 0.4) is 0 Å². The van der Waals surface area contributed by atoms with Gasteiger partial charge in [-0.15, -0.1) is 0 Å². The van der Waals surface area contributed by atoms with Gasteiger partial charge in [-0.2, -0.15) is 0 Å². The van der Waals surface area contributed by atoms with E-state index in [1.54, 1.807) is 23.6 Å². The minimum atomic E-state index is -3.65. The number of hydrogen-bond donors (Lipinski definition) is 1. The van der Waals surface area contributed by atoms with Crippen LogP contribution in [0.1, 0.15) is 19.1 Å². The highest BCUT2D eigenvalue weighted by Crippen LogP contribution is 2.21. The van der Waals surface area contributed by atoms with Crippen molar-refractivity contribution >= 4 is 32.8 Å². The molecule has 0 radical (unpaired) electrons. The van der Waals surface area contributed by atoms with Gasteiger partial charge < -0.3 is 9.84 Å². The Hall–Kier alpha value is -2.92. The van der Waals surface area contributed by atoms with E-state index in [4.69, 9.17) is 4.52 Å². The standard InChI is InChI=1S/C18H23N5O5S/c1-5-22-14-7-6-13(29(26,27)21(3)4)11-15(14)23(18(22)25)9-8-17(24)19-16-10-12(2)28-20-16/h6-7,10-11H,5,8-9H2,1-4H3,(H,19,20,24). The SMILES string of the molecule is CCn1c(=O)n(CCC(=O)Nc2cc(C)on2)c2cc(S(=O)(=O)N(C)C)ccc21. The van der Waals surface area contributed by atoms with Gasteiger partial charge in [-0.3, -0.25) is 13.9 Å². The molecule has 1 N–H and O–H groups in total. The lowest BCUT2D eigenvalue weighted by Crippen LogP contribution is -2.26. The number of nitrogens with zero attached hydrogens (tertiary/aromatic N) is 4. The van der Waals surface area contributed by atoms with E-state index in [1.807, 2.05) is 6.92 Å². The molecule has 0 atom stereocenters. The first-order valence-corrected chi connectivity index (χ1v) is 10.5. The van der Waals surface area contributed by atoms with Gasteiger partial charge in [0, 0.05) is 39.7 Å². The van der Waals surface area contributed by atoms with Crippen molar-refractivity contribution in [2.24, 2.45) is 0 Å². The number of sulfonamides is 1. The number of rotatable bonds is 7. The smallest absolute Gasteiger partial charge is 0.329 e. The maximum Gasteiger partial charge on any atom is 0.329 e. The van der Waals surface area contributed by atoms with E-state index in [0.29, 0.717) is 29.2 Å². The first kappa shape index (κ1) is 20.8. The summed E-state index contributed by atoms with van der Waals surface area (Å²) in [4.78, 5) is 25.1. The van der Waals surface area contributed by atoms with Gasteiger partial charge in [0.1, 0.15) is 5.76 Å². The van der Waals surface area contributed by atoms with Crippen molar-refractivity contribution in [2.75, 3.05) is 19.4 Å². The van der Waals surface area contributed by atoms with Crippen molar-refractivity contribution in [1.82, 2.24) is 18.6 Å². The van der Waals surface area contributed by atoms with Gasteiger partial charge >= 0.3 is 5.69 Å². The summed E-state index contributed by atoms with van der Waals surface area (Å²) in [5.74, 6) is 0.534. The molecule has 0 saturated carbocycles. The minimum absolute atomic E-state index is 0.0132. The largest absolute Gasteiger partial charge is 0.360 e. The zero-order valence-electron chi connectivity index (χ0n) is 16.7. The Bertz CT molecular complexity index is 1220. The van der Waals surface area contributed by atoms with E-state index in [9.17, 15) is 18.0 Å². The zero-order valence-corrected chi connectivity index (χ0v) is 17.5. The number of benzene rings is 1. The Morgan fingerprint density at radius 2 is 1.93 bits per heavy atom. The van der Waals surface area contributed by atoms with Gasteiger partial charge in [0.2, 0.25) is 15.9 Å². The van der Waals surface area contributed by atoms with Gasteiger partial charge in [-0.25, -0.2) is 17.5 Å². The average molecular weight is 421 g/mol. The summed E-state index contributed by atoms with van der Waals surface area (Å²) in [6.45, 7) is 4.06. The molecule has 11 heteroatoms. The Morgan fingerprint density at radius 3 is 2.52 bits per heavy atom. The molecule has 0 spiro atoms. The second-order valence-corrected chi connectivity index (χ2v) is 8.89. The topological polar surface area (TPSA) is 119 Å². The molecule has 29 heavy (non-hydrogen) atoms. The molecule has 10 nitrogen and oxygen atoms in total. The lowest BCUT2D eigenvalue weighted by atomic mass is 10.3. The molecule has 2 aromatic heterocycles. The molecular formula is C18H23N5O5S. The van der Waals surface area contributed by atoms with Gasteiger partial charge in [0.05, 0.1) is 15.9 Å². The normalized spacial score (nSPS) is 12.0. The molecule has 2 heterocycles. The van der Waals surface area contributed by atoms with Crippen LogP contribution in [-0.2, 0) is 27.9 Å². The fourth-order valence-corrected chi connectivity index (χ4v) is 3.96. The van der Waals surface area contributed by atoms with Crippen LogP contribution in [0.4, 0.5) is 5.82 Å². The van der Waals surface area contributed by atoms with E-state index >= 15 is 0 Å². The second-order valence-electron chi connectivity index (χ2n) is 6.74. The molecule has 0 saturated heterocycles. The minimum Gasteiger partial charge on any atom is -0.360 e. The maximum atomic E-state index is 12.8. The summed E-state index contributed by atoms with van der Waals surface area (Å²) in [6, 6.07) is 6.15. The summed E-state index contributed by atoms with van der Waals surface area (Å²) in [5, 5.41) is 6.30. The number of imidazole rings is 1. The molecule has 3 aromatic rings. The average Bonchev–Trinajstić information content (AvgIpc) is 3.18. The van der Waals surface area contributed by atoms with Gasteiger partial charge in [-0.05, 0) is 32.0 Å². The highest BCUT2D eigenvalue weighted by molar-refractivity contribution is 7.89. The van der Waals surface area contributed by atoms with E-state index in [-0.39, 0.29) is 29.5 Å². The van der Waals surface area contributed by atoms with Crippen molar-refractivity contribution < 1.29 is 17.7 Å². The van der Waals surface area contributed by atoms with E-state index in [2.05, 4.69) is 10.5 Å². The third-order valence-corrected chi connectivity index (χ3v) is 6.35. The van der Waals surface area contributed by atoms with Gasteiger partial charge in [0.25, 0.3) is 0 Å². The van der Waals surface area contributed by atoms with Crippen molar-refractivity contribution in [2.45, 2.75) is 38.3 Å². The van der Waals surface area contributed by atoms with Crippen LogP contribution in [-0.4, -0.2) is 47.0 Å². The van der Waals surface area contributed by atoms with Crippen LogP contribution in [0.25, 0.3) is 11.0 Å². The molecule has 3 rings (SSSR count). The number of hydrogen-bond acceptors (Lipinski definition) is 6. The fourth-order valence-electron chi connectivity index (χ4n) is 3.04. The molecule has 1 aromatic carbocycles. The quantitative estimate of drug-likeness (QED) is 0.616. The number of nitrogens with one attached hydrogen (secondary N) is 1. The Labute approximate surface area is 167 Å². The lowest BCUT2D eigenvalue weighted by Gasteiger charge is -2.11. The van der Waals surface area contributed by atoms with E-state index < -0.39 is 10.0 Å². The van der Waals surface area contributed by atoms with Gasteiger partial charge in [0.15, 0.2) is 5.82 Å². The number of aryl methyl sites for hydroxylation is 3. The number of fused-ring (bicyclic) bond motifs is 1. The number of carbonyl (C=O) groups is 1. The maximum absolute atomic E-state index is 12.8. The Morgan fingerprint density at radius 1 is 1.21 bits per heavy atom. The molecule has 0 unspecified atom stereocenters. The first-order chi connectivity index (χ1) is 13.6. The van der Waals surface area contributed by atoms with E-state index in [1.165, 1.54) is 30.8 Å². The summed E-state index contributed by atoms with van der Waals surface area (Å²) < 4.78 is 33.9. The summed E-state index contributed by atoms with van der Waals surface area (Å²) in [7, 11) is -0.766. The number of aromatic nitrogens is 3. The molecule has 0 fully saturated rings. The molecule has 0 aliphatic rings. The predicted molar refractivity (Wildman–Crippen MR) is 107 cm³/mol. The van der Waals surface area contributed by atoms with Crippen LogP contribution >= 0.6 is 0 Å². The molecular weight excluding hydrogens is 398 g/mol. The summed E-state index contributed by atoms with van der Waals surface area (Å²) >= 11 is 0. The van der Waals surface area contributed by atoms with Crippen LogP contribution in [0.5, 0.6) is 0 Å². The lowest BCUT2D eigenvalue weighted by molar-refractivity contribution is -0.116.